The summed E-state index contributed by atoms with van der Waals surface area (Å²) in [6.07, 6.45) is 9.19. The van der Waals surface area contributed by atoms with Crippen LogP contribution in [0.15, 0.2) is 97.1 Å². The number of hydrogen-bond acceptors (Lipinski definition) is 0. The molecule has 1 aliphatic carbocycles. The maximum Gasteiger partial charge on any atom is 0.0731 e. The summed E-state index contributed by atoms with van der Waals surface area (Å²) in [6.45, 7) is 2.29. The van der Waals surface area contributed by atoms with Gasteiger partial charge in [-0.15, -0.1) is 0 Å². The number of benzene rings is 4. The third-order valence-electron chi connectivity index (χ3n) is 7.27. The number of alkyl halides is 1. The Kier molecular flexibility index (Phi) is 7.20. The van der Waals surface area contributed by atoms with Crippen LogP contribution in [0.1, 0.15) is 63.0 Å². The fourth-order valence-electron chi connectivity index (χ4n) is 5.40. The van der Waals surface area contributed by atoms with Gasteiger partial charge in [-0.1, -0.05) is 153 Å². The van der Waals surface area contributed by atoms with Crippen LogP contribution in [0.25, 0.3) is 33.4 Å². The topological polar surface area (TPSA) is 0 Å². The fraction of sp³-hybridized carbons (Fsp3) is 0.273. The molecule has 4 aromatic rings. The number of halogens is 1. The van der Waals surface area contributed by atoms with Gasteiger partial charge >= 0.3 is 0 Å². The first kappa shape index (κ1) is 23.4. The minimum atomic E-state index is 0.0166. The molecular formula is C33H33I. The van der Waals surface area contributed by atoms with Crippen LogP contribution in [-0.4, -0.2) is 0 Å². The van der Waals surface area contributed by atoms with Gasteiger partial charge in [0.25, 0.3) is 0 Å². The molecule has 172 valence electrons. The molecule has 0 unspecified atom stereocenters. The van der Waals surface area contributed by atoms with E-state index >= 15 is 0 Å². The summed E-state index contributed by atoms with van der Waals surface area (Å²) in [5, 5.41) is 0. The quantitative estimate of drug-likeness (QED) is 0.109. The van der Waals surface area contributed by atoms with Gasteiger partial charge in [-0.3, -0.25) is 0 Å². The Balaban J connectivity index is 1.54. The fourth-order valence-corrected chi connectivity index (χ4v) is 6.67. The molecule has 0 aliphatic heterocycles. The lowest BCUT2D eigenvalue weighted by Gasteiger charge is -2.26. The van der Waals surface area contributed by atoms with Crippen LogP contribution in [0.5, 0.6) is 0 Å². The minimum Gasteiger partial charge on any atom is -0.0683 e. The van der Waals surface area contributed by atoms with Gasteiger partial charge in [-0.05, 0) is 63.1 Å². The lowest BCUT2D eigenvalue weighted by atomic mass is 9.88. The van der Waals surface area contributed by atoms with Crippen molar-refractivity contribution in [1.29, 1.82) is 0 Å². The molecule has 0 aromatic heterocycles. The third-order valence-corrected chi connectivity index (χ3v) is 8.97. The standard InChI is InChI=1S/C33H33I/c1-2-3-4-5-6-13-22-33(34)31-23-27(25-14-9-7-10-15-25)18-20-29(31)30-21-19-28(24-32(30)33)26-16-11-8-12-17-26/h7-12,14-21,23-24H,2-6,13,22H2,1H3. The Hall–Kier alpha value is -2.39. The van der Waals surface area contributed by atoms with E-state index < -0.39 is 0 Å². The number of unbranched alkanes of at least 4 members (excludes halogenated alkanes) is 5. The van der Waals surface area contributed by atoms with E-state index in [1.54, 1.807) is 0 Å². The molecule has 0 fully saturated rings. The van der Waals surface area contributed by atoms with Gasteiger partial charge in [0.15, 0.2) is 0 Å². The molecule has 0 saturated heterocycles. The van der Waals surface area contributed by atoms with Crippen molar-refractivity contribution in [2.75, 3.05) is 0 Å². The molecule has 1 aliphatic rings. The molecule has 0 bridgehead atoms. The van der Waals surface area contributed by atoms with Crippen molar-refractivity contribution in [2.45, 2.75) is 55.3 Å². The monoisotopic (exact) mass is 556 g/mol. The van der Waals surface area contributed by atoms with Crippen LogP contribution in [0, 0.1) is 0 Å². The highest BCUT2D eigenvalue weighted by molar-refractivity contribution is 14.1. The zero-order chi connectivity index (χ0) is 23.4. The summed E-state index contributed by atoms with van der Waals surface area (Å²) in [7, 11) is 0. The zero-order valence-corrected chi connectivity index (χ0v) is 22.2. The SMILES string of the molecule is CCCCCCCCC1(I)c2cc(-c3ccccc3)ccc2-c2ccc(-c3ccccc3)cc21. The van der Waals surface area contributed by atoms with Gasteiger partial charge in [-0.25, -0.2) is 0 Å². The molecule has 4 aromatic carbocycles. The highest BCUT2D eigenvalue weighted by atomic mass is 127. The molecule has 1 heteroatoms. The Bertz CT molecular complexity index is 1150. The largest absolute Gasteiger partial charge is 0.0731 e. The summed E-state index contributed by atoms with van der Waals surface area (Å²) in [5.41, 5.74) is 11.0. The molecule has 34 heavy (non-hydrogen) atoms. The lowest BCUT2D eigenvalue weighted by Crippen LogP contribution is -2.16. The second kappa shape index (κ2) is 10.5. The Morgan fingerprint density at radius 2 is 1.00 bits per heavy atom. The second-order valence-corrected chi connectivity index (χ2v) is 11.4. The van der Waals surface area contributed by atoms with E-state index in [1.807, 2.05) is 0 Å². The third kappa shape index (κ3) is 4.60. The molecule has 0 saturated carbocycles. The normalized spacial score (nSPS) is 13.5. The number of rotatable bonds is 9. The first-order valence-electron chi connectivity index (χ1n) is 12.8. The maximum absolute atomic E-state index is 2.79. The van der Waals surface area contributed by atoms with Gasteiger partial charge in [0.1, 0.15) is 0 Å². The predicted octanol–water partition coefficient (Wildman–Crippen LogP) is 10.4. The summed E-state index contributed by atoms with van der Waals surface area (Å²) >= 11 is 2.79. The molecule has 0 atom stereocenters. The van der Waals surface area contributed by atoms with Crippen LogP contribution in [0.4, 0.5) is 0 Å². The lowest BCUT2D eigenvalue weighted by molar-refractivity contribution is 0.563. The van der Waals surface area contributed by atoms with Crippen molar-refractivity contribution in [3.63, 3.8) is 0 Å². The van der Waals surface area contributed by atoms with Crippen molar-refractivity contribution in [3.8, 4) is 33.4 Å². The summed E-state index contributed by atoms with van der Waals surface area (Å²) in [4.78, 5) is 0. The summed E-state index contributed by atoms with van der Waals surface area (Å²) in [5.74, 6) is 0. The molecule has 5 rings (SSSR count). The van der Waals surface area contributed by atoms with E-state index in [0.717, 1.165) is 0 Å². The van der Waals surface area contributed by atoms with E-state index in [4.69, 9.17) is 0 Å². The Morgan fingerprint density at radius 3 is 1.50 bits per heavy atom. The molecule has 0 amide bonds. The smallest absolute Gasteiger partial charge is 0.0683 e. The Labute approximate surface area is 218 Å². The highest BCUT2D eigenvalue weighted by Gasteiger charge is 2.41. The average Bonchev–Trinajstić information content (AvgIpc) is 3.14. The van der Waals surface area contributed by atoms with E-state index in [2.05, 4.69) is 127 Å². The van der Waals surface area contributed by atoms with Crippen LogP contribution < -0.4 is 0 Å². The van der Waals surface area contributed by atoms with Crippen molar-refractivity contribution in [3.05, 3.63) is 108 Å². The van der Waals surface area contributed by atoms with Gasteiger partial charge in [0.2, 0.25) is 0 Å². The first-order valence-corrected chi connectivity index (χ1v) is 13.9. The second-order valence-electron chi connectivity index (χ2n) is 9.57. The summed E-state index contributed by atoms with van der Waals surface area (Å²) < 4.78 is 0.0166. The molecule has 0 radical (unpaired) electrons. The van der Waals surface area contributed by atoms with E-state index in [9.17, 15) is 0 Å². The van der Waals surface area contributed by atoms with Crippen LogP contribution in [0.2, 0.25) is 0 Å². The van der Waals surface area contributed by atoms with E-state index in [0.29, 0.717) is 0 Å². The molecule has 0 heterocycles. The van der Waals surface area contributed by atoms with Crippen LogP contribution >= 0.6 is 22.6 Å². The number of hydrogen-bond donors (Lipinski definition) is 0. The maximum atomic E-state index is 2.79. The van der Waals surface area contributed by atoms with E-state index in [1.165, 1.54) is 89.5 Å². The van der Waals surface area contributed by atoms with Gasteiger partial charge < -0.3 is 0 Å². The van der Waals surface area contributed by atoms with Crippen molar-refractivity contribution in [2.24, 2.45) is 0 Å². The minimum absolute atomic E-state index is 0.0166. The predicted molar refractivity (Wildman–Crippen MR) is 156 cm³/mol. The molecule has 0 nitrogen and oxygen atoms in total. The van der Waals surface area contributed by atoms with Crippen molar-refractivity contribution < 1.29 is 0 Å². The molecule has 0 spiro atoms. The van der Waals surface area contributed by atoms with Crippen molar-refractivity contribution >= 4 is 22.6 Å². The highest BCUT2D eigenvalue weighted by Crippen LogP contribution is 2.57. The van der Waals surface area contributed by atoms with Gasteiger partial charge in [0, 0.05) is 0 Å². The van der Waals surface area contributed by atoms with E-state index in [-0.39, 0.29) is 3.42 Å². The summed E-state index contributed by atoms with van der Waals surface area (Å²) in [6, 6.07) is 35.9. The average molecular weight is 557 g/mol. The van der Waals surface area contributed by atoms with Gasteiger partial charge in [0.05, 0.1) is 3.42 Å². The first-order chi connectivity index (χ1) is 16.7. The zero-order valence-electron chi connectivity index (χ0n) is 20.1. The molecular weight excluding hydrogens is 523 g/mol. The Morgan fingerprint density at radius 1 is 0.529 bits per heavy atom. The van der Waals surface area contributed by atoms with Crippen molar-refractivity contribution in [1.82, 2.24) is 0 Å². The van der Waals surface area contributed by atoms with Crippen LogP contribution in [0.3, 0.4) is 0 Å². The van der Waals surface area contributed by atoms with Gasteiger partial charge in [-0.2, -0.15) is 0 Å². The molecule has 0 N–H and O–H groups in total. The number of fused-ring (bicyclic) bond motifs is 3. The van der Waals surface area contributed by atoms with Crippen LogP contribution in [-0.2, 0) is 3.42 Å².